The molecule has 0 amide bonds. The lowest BCUT2D eigenvalue weighted by atomic mass is 10.0. The second-order valence-electron chi connectivity index (χ2n) is 5.99. The van der Waals surface area contributed by atoms with Crippen molar-refractivity contribution in [2.45, 2.75) is 27.2 Å². The van der Waals surface area contributed by atoms with Crippen molar-refractivity contribution in [1.29, 1.82) is 0 Å². The summed E-state index contributed by atoms with van der Waals surface area (Å²) in [5, 5.41) is 0. The third kappa shape index (κ3) is 3.03. The van der Waals surface area contributed by atoms with E-state index in [9.17, 15) is 0 Å². The molecule has 2 heterocycles. The standard InChI is InChI=1S/C18H19BrN2/c1-12(2)8-14-4-6-15(7-5-14)17-11-21-10-16(19)9-13(3)18(21)20-17/h4-7,9-12H,8H2,1-3H3. The van der Waals surface area contributed by atoms with Gasteiger partial charge in [0, 0.05) is 22.4 Å². The van der Waals surface area contributed by atoms with Crippen molar-refractivity contribution in [2.24, 2.45) is 5.92 Å². The summed E-state index contributed by atoms with van der Waals surface area (Å²) in [6.45, 7) is 6.58. The highest BCUT2D eigenvalue weighted by atomic mass is 79.9. The lowest BCUT2D eigenvalue weighted by Crippen LogP contribution is -1.93. The van der Waals surface area contributed by atoms with Crippen molar-refractivity contribution in [3.05, 3.63) is 58.3 Å². The van der Waals surface area contributed by atoms with Gasteiger partial charge in [-0.05, 0) is 52.4 Å². The summed E-state index contributed by atoms with van der Waals surface area (Å²) in [6, 6.07) is 10.9. The second kappa shape index (κ2) is 5.64. The molecule has 0 fully saturated rings. The van der Waals surface area contributed by atoms with Gasteiger partial charge in [-0.25, -0.2) is 4.98 Å². The minimum atomic E-state index is 0.686. The van der Waals surface area contributed by atoms with Crippen LogP contribution < -0.4 is 0 Å². The smallest absolute Gasteiger partial charge is 0.140 e. The van der Waals surface area contributed by atoms with E-state index < -0.39 is 0 Å². The normalized spacial score (nSPS) is 11.5. The molecule has 0 spiro atoms. The van der Waals surface area contributed by atoms with E-state index >= 15 is 0 Å². The van der Waals surface area contributed by atoms with Crippen molar-refractivity contribution in [2.75, 3.05) is 0 Å². The van der Waals surface area contributed by atoms with Gasteiger partial charge in [0.2, 0.25) is 0 Å². The first-order valence-corrected chi connectivity index (χ1v) is 8.06. The van der Waals surface area contributed by atoms with Crippen LogP contribution in [0.25, 0.3) is 16.9 Å². The zero-order valence-corrected chi connectivity index (χ0v) is 14.2. The number of rotatable bonds is 3. The Labute approximate surface area is 134 Å². The van der Waals surface area contributed by atoms with E-state index in [1.807, 2.05) is 6.20 Å². The molecule has 2 aromatic heterocycles. The molecule has 0 aliphatic rings. The fraction of sp³-hybridized carbons (Fsp3) is 0.278. The van der Waals surface area contributed by atoms with Gasteiger partial charge in [0.25, 0.3) is 0 Å². The van der Waals surface area contributed by atoms with E-state index in [4.69, 9.17) is 4.98 Å². The SMILES string of the molecule is Cc1cc(Br)cn2cc(-c3ccc(CC(C)C)cc3)nc12. The fourth-order valence-electron chi connectivity index (χ4n) is 2.65. The summed E-state index contributed by atoms with van der Waals surface area (Å²) in [4.78, 5) is 4.76. The summed E-state index contributed by atoms with van der Waals surface area (Å²) in [5.74, 6) is 0.686. The molecule has 21 heavy (non-hydrogen) atoms. The Bertz CT molecular complexity index is 770. The zero-order valence-electron chi connectivity index (χ0n) is 12.6. The Balaban J connectivity index is 1.98. The van der Waals surface area contributed by atoms with Gasteiger partial charge < -0.3 is 4.40 Å². The predicted molar refractivity (Wildman–Crippen MR) is 91.6 cm³/mol. The molecule has 0 saturated carbocycles. The zero-order chi connectivity index (χ0) is 15.0. The minimum absolute atomic E-state index is 0.686. The Morgan fingerprint density at radius 2 is 1.86 bits per heavy atom. The number of halogens is 1. The van der Waals surface area contributed by atoms with E-state index in [0.29, 0.717) is 5.92 Å². The highest BCUT2D eigenvalue weighted by molar-refractivity contribution is 9.10. The molecule has 0 radical (unpaired) electrons. The Kier molecular flexibility index (Phi) is 3.85. The lowest BCUT2D eigenvalue weighted by Gasteiger charge is -2.05. The van der Waals surface area contributed by atoms with Gasteiger partial charge in [-0.1, -0.05) is 38.1 Å². The molecule has 3 heteroatoms. The monoisotopic (exact) mass is 342 g/mol. The lowest BCUT2D eigenvalue weighted by molar-refractivity contribution is 0.647. The molecule has 0 aliphatic heterocycles. The van der Waals surface area contributed by atoms with Crippen LogP contribution in [0.1, 0.15) is 25.0 Å². The third-order valence-electron chi connectivity index (χ3n) is 3.60. The van der Waals surface area contributed by atoms with Crippen LogP contribution in [-0.2, 0) is 6.42 Å². The van der Waals surface area contributed by atoms with Gasteiger partial charge in [0.15, 0.2) is 0 Å². The van der Waals surface area contributed by atoms with Crippen molar-refractivity contribution < 1.29 is 0 Å². The number of aryl methyl sites for hydroxylation is 1. The van der Waals surface area contributed by atoms with E-state index in [2.05, 4.69) is 77.6 Å². The number of fused-ring (bicyclic) bond motifs is 1. The van der Waals surface area contributed by atoms with Crippen LogP contribution in [0, 0.1) is 12.8 Å². The number of aromatic nitrogens is 2. The van der Waals surface area contributed by atoms with Gasteiger partial charge in [0.05, 0.1) is 5.69 Å². The third-order valence-corrected chi connectivity index (χ3v) is 4.03. The molecule has 0 bridgehead atoms. The minimum Gasteiger partial charge on any atom is -0.305 e. The maximum atomic E-state index is 4.76. The first-order valence-electron chi connectivity index (χ1n) is 7.27. The molecule has 0 unspecified atom stereocenters. The van der Waals surface area contributed by atoms with Crippen LogP contribution in [-0.4, -0.2) is 9.38 Å². The maximum Gasteiger partial charge on any atom is 0.140 e. The number of pyridine rings is 1. The first kappa shape index (κ1) is 14.3. The molecule has 0 saturated heterocycles. The average Bonchev–Trinajstić information content (AvgIpc) is 2.83. The summed E-state index contributed by atoms with van der Waals surface area (Å²) in [6.07, 6.45) is 5.26. The maximum absolute atomic E-state index is 4.76. The van der Waals surface area contributed by atoms with Gasteiger partial charge in [-0.3, -0.25) is 0 Å². The van der Waals surface area contributed by atoms with Gasteiger partial charge in [-0.2, -0.15) is 0 Å². The van der Waals surface area contributed by atoms with Gasteiger partial charge >= 0.3 is 0 Å². The number of benzene rings is 1. The molecule has 0 atom stereocenters. The molecular formula is C18H19BrN2. The van der Waals surface area contributed by atoms with Gasteiger partial charge in [-0.15, -0.1) is 0 Å². The Morgan fingerprint density at radius 3 is 2.52 bits per heavy atom. The largest absolute Gasteiger partial charge is 0.305 e. The Hall–Kier alpha value is -1.61. The quantitative estimate of drug-likeness (QED) is 0.633. The van der Waals surface area contributed by atoms with Crippen LogP contribution in [0.4, 0.5) is 0 Å². The van der Waals surface area contributed by atoms with E-state index in [1.165, 1.54) is 16.7 Å². The summed E-state index contributed by atoms with van der Waals surface area (Å²) in [5.41, 5.74) is 5.76. The molecule has 0 aliphatic carbocycles. The molecule has 108 valence electrons. The van der Waals surface area contributed by atoms with E-state index in [1.54, 1.807) is 0 Å². The number of nitrogens with zero attached hydrogens (tertiary/aromatic N) is 2. The van der Waals surface area contributed by atoms with Gasteiger partial charge in [0.1, 0.15) is 5.65 Å². The van der Waals surface area contributed by atoms with Crippen molar-refractivity contribution in [3.63, 3.8) is 0 Å². The summed E-state index contributed by atoms with van der Waals surface area (Å²) >= 11 is 3.53. The summed E-state index contributed by atoms with van der Waals surface area (Å²) < 4.78 is 3.15. The van der Waals surface area contributed by atoms with Crippen LogP contribution in [0.5, 0.6) is 0 Å². The molecule has 1 aromatic carbocycles. The predicted octanol–water partition coefficient (Wildman–Crippen LogP) is 5.27. The highest BCUT2D eigenvalue weighted by Crippen LogP contribution is 2.23. The van der Waals surface area contributed by atoms with Crippen LogP contribution in [0.15, 0.2) is 47.2 Å². The summed E-state index contributed by atoms with van der Waals surface area (Å²) in [7, 11) is 0. The van der Waals surface area contributed by atoms with Crippen molar-refractivity contribution >= 4 is 21.6 Å². The van der Waals surface area contributed by atoms with Crippen molar-refractivity contribution in [3.8, 4) is 11.3 Å². The van der Waals surface area contributed by atoms with E-state index in [-0.39, 0.29) is 0 Å². The fourth-order valence-corrected chi connectivity index (χ4v) is 3.21. The number of hydrogen-bond donors (Lipinski definition) is 0. The number of imidazole rings is 1. The first-order chi connectivity index (χ1) is 10.0. The average molecular weight is 343 g/mol. The Morgan fingerprint density at radius 1 is 1.14 bits per heavy atom. The molecule has 2 nitrogen and oxygen atoms in total. The van der Waals surface area contributed by atoms with E-state index in [0.717, 1.165) is 22.2 Å². The van der Waals surface area contributed by atoms with Crippen molar-refractivity contribution in [1.82, 2.24) is 9.38 Å². The topological polar surface area (TPSA) is 17.3 Å². The molecule has 3 rings (SSSR count). The molecule has 0 N–H and O–H groups in total. The van der Waals surface area contributed by atoms with Crippen LogP contribution in [0.3, 0.4) is 0 Å². The van der Waals surface area contributed by atoms with Crippen LogP contribution in [0.2, 0.25) is 0 Å². The molecular weight excluding hydrogens is 324 g/mol. The second-order valence-corrected chi connectivity index (χ2v) is 6.91. The number of hydrogen-bond acceptors (Lipinski definition) is 1. The van der Waals surface area contributed by atoms with Crippen LogP contribution >= 0.6 is 15.9 Å². The molecule has 3 aromatic rings. The highest BCUT2D eigenvalue weighted by Gasteiger charge is 2.07.